The first-order valence-corrected chi connectivity index (χ1v) is 16.7. The van der Waals surface area contributed by atoms with Crippen molar-refractivity contribution in [1.82, 2.24) is 24.5 Å². The fourth-order valence-electron chi connectivity index (χ4n) is 4.84. The van der Waals surface area contributed by atoms with Gasteiger partial charge in [0.1, 0.15) is 21.5 Å². The van der Waals surface area contributed by atoms with Gasteiger partial charge >= 0.3 is 0 Å². The van der Waals surface area contributed by atoms with Gasteiger partial charge < -0.3 is 9.72 Å². The minimum Gasteiger partial charge on any atom is -0.492 e. The summed E-state index contributed by atoms with van der Waals surface area (Å²) in [6, 6.07) is 5.66. The van der Waals surface area contributed by atoms with E-state index in [9.17, 15) is 8.42 Å². The standard InChI is InChI=1S/C30H48ClN5O3S/c1-7-9-11-12-13-15-19-39-25-17-16-24(30(5,6)18-14-10-8-2)20-26(25)40(37,38)32-21-22(3)28-33-29-27(31)23(4)34-36(29)35-28/h16-17,20,22,32H,7-15,18-19,21H2,1-6H3,(H,33,35). The van der Waals surface area contributed by atoms with Crippen LogP contribution in [0.5, 0.6) is 5.75 Å². The number of nitrogens with one attached hydrogen (secondary N) is 2. The average Bonchev–Trinajstić information content (AvgIpc) is 3.45. The number of ether oxygens (including phenoxy) is 1. The Kier molecular flexibility index (Phi) is 11.9. The van der Waals surface area contributed by atoms with Crippen LogP contribution >= 0.6 is 11.6 Å². The normalized spacial score (nSPS) is 13.3. The molecule has 224 valence electrons. The van der Waals surface area contributed by atoms with Crippen LogP contribution in [-0.2, 0) is 15.4 Å². The summed E-state index contributed by atoms with van der Waals surface area (Å²) >= 11 is 6.30. The molecule has 0 saturated carbocycles. The van der Waals surface area contributed by atoms with Gasteiger partial charge in [0.25, 0.3) is 0 Å². The number of rotatable bonds is 18. The third kappa shape index (κ3) is 8.46. The van der Waals surface area contributed by atoms with E-state index in [0.29, 0.717) is 34.5 Å². The molecule has 0 radical (unpaired) electrons. The van der Waals surface area contributed by atoms with Gasteiger partial charge in [0.05, 0.1) is 12.3 Å². The number of halogens is 1. The van der Waals surface area contributed by atoms with Crippen LogP contribution in [0, 0.1) is 6.92 Å². The zero-order valence-corrected chi connectivity index (χ0v) is 26.7. The molecule has 0 saturated heterocycles. The molecular formula is C30H48ClN5O3S. The van der Waals surface area contributed by atoms with Crippen molar-refractivity contribution in [2.75, 3.05) is 13.2 Å². The molecule has 40 heavy (non-hydrogen) atoms. The Morgan fingerprint density at radius 3 is 2.42 bits per heavy atom. The molecule has 0 spiro atoms. The molecule has 2 aromatic heterocycles. The van der Waals surface area contributed by atoms with Gasteiger partial charge in [-0.3, -0.25) is 0 Å². The molecule has 3 rings (SSSR count). The third-order valence-corrected chi connectivity index (χ3v) is 9.54. The van der Waals surface area contributed by atoms with E-state index in [1.165, 1.54) is 30.3 Å². The number of unbranched alkanes of at least 4 members (excludes halogenated alkanes) is 7. The van der Waals surface area contributed by atoms with Crippen LogP contribution in [-0.4, -0.2) is 41.4 Å². The molecular weight excluding hydrogens is 546 g/mol. The number of sulfonamides is 1. The molecule has 1 aromatic carbocycles. The van der Waals surface area contributed by atoms with Crippen molar-refractivity contribution in [3.63, 3.8) is 0 Å². The van der Waals surface area contributed by atoms with Crippen LogP contribution in [0.3, 0.4) is 0 Å². The van der Waals surface area contributed by atoms with Crippen LogP contribution in [0.4, 0.5) is 0 Å². The number of hydrogen-bond acceptors (Lipinski definition) is 5. The van der Waals surface area contributed by atoms with Crippen LogP contribution in [0.25, 0.3) is 5.65 Å². The number of hydrogen-bond donors (Lipinski definition) is 2. The Hall–Kier alpha value is -2.10. The fourth-order valence-corrected chi connectivity index (χ4v) is 6.30. The average molecular weight is 594 g/mol. The predicted molar refractivity (Wildman–Crippen MR) is 163 cm³/mol. The number of benzene rings is 1. The Balaban J connectivity index is 1.77. The summed E-state index contributed by atoms with van der Waals surface area (Å²) in [4.78, 5) is 3.37. The Morgan fingerprint density at radius 2 is 1.73 bits per heavy atom. The zero-order chi connectivity index (χ0) is 29.3. The van der Waals surface area contributed by atoms with E-state index in [0.717, 1.165) is 44.1 Å². The van der Waals surface area contributed by atoms with E-state index in [4.69, 9.17) is 16.3 Å². The first kappa shape index (κ1) is 32.4. The minimum atomic E-state index is -3.85. The summed E-state index contributed by atoms with van der Waals surface area (Å²) in [5.41, 5.74) is 2.14. The molecule has 8 nitrogen and oxygen atoms in total. The number of aromatic nitrogens is 4. The predicted octanol–water partition coefficient (Wildman–Crippen LogP) is 7.70. The van der Waals surface area contributed by atoms with Gasteiger partial charge in [0, 0.05) is 12.5 Å². The third-order valence-electron chi connectivity index (χ3n) is 7.64. The quantitative estimate of drug-likeness (QED) is 0.147. The molecule has 2 heterocycles. The Labute approximate surface area is 245 Å². The summed E-state index contributed by atoms with van der Waals surface area (Å²) in [5.74, 6) is 0.784. The highest BCUT2D eigenvalue weighted by Gasteiger charge is 2.27. The number of fused-ring (bicyclic) bond motifs is 1. The molecule has 0 aliphatic heterocycles. The van der Waals surface area contributed by atoms with Crippen LogP contribution in [0.15, 0.2) is 23.1 Å². The van der Waals surface area contributed by atoms with E-state index in [1.54, 1.807) is 6.07 Å². The lowest BCUT2D eigenvalue weighted by Gasteiger charge is -2.26. The summed E-state index contributed by atoms with van der Waals surface area (Å²) < 4.78 is 37.7. The zero-order valence-electron chi connectivity index (χ0n) is 25.1. The molecule has 10 heteroatoms. The highest BCUT2D eigenvalue weighted by Crippen LogP contribution is 2.35. The highest BCUT2D eigenvalue weighted by molar-refractivity contribution is 7.89. The van der Waals surface area contributed by atoms with Gasteiger partial charge in [0.2, 0.25) is 10.0 Å². The van der Waals surface area contributed by atoms with Crippen molar-refractivity contribution in [3.8, 4) is 5.75 Å². The largest absolute Gasteiger partial charge is 0.492 e. The smallest absolute Gasteiger partial charge is 0.244 e. The maximum absolute atomic E-state index is 13.7. The lowest BCUT2D eigenvalue weighted by atomic mass is 9.80. The number of aryl methyl sites for hydroxylation is 1. The molecule has 0 fully saturated rings. The van der Waals surface area contributed by atoms with Gasteiger partial charge in [-0.2, -0.15) is 5.10 Å². The van der Waals surface area contributed by atoms with Crippen LogP contribution in [0.2, 0.25) is 5.02 Å². The lowest BCUT2D eigenvalue weighted by Crippen LogP contribution is -2.29. The first-order chi connectivity index (χ1) is 19.0. The van der Waals surface area contributed by atoms with E-state index >= 15 is 0 Å². The lowest BCUT2D eigenvalue weighted by molar-refractivity contribution is 0.296. The van der Waals surface area contributed by atoms with E-state index in [1.807, 2.05) is 26.0 Å². The number of nitrogens with zero attached hydrogens (tertiary/aromatic N) is 3. The van der Waals surface area contributed by atoms with Crippen molar-refractivity contribution in [2.45, 2.75) is 122 Å². The molecule has 0 aliphatic carbocycles. The molecule has 0 bridgehead atoms. The Morgan fingerprint density at radius 1 is 1.05 bits per heavy atom. The maximum Gasteiger partial charge on any atom is 0.244 e. The Bertz CT molecular complexity index is 1330. The van der Waals surface area contributed by atoms with Crippen molar-refractivity contribution >= 4 is 27.3 Å². The maximum atomic E-state index is 13.7. The monoisotopic (exact) mass is 593 g/mol. The molecule has 3 aromatic rings. The van der Waals surface area contributed by atoms with Gasteiger partial charge in [0.15, 0.2) is 5.65 Å². The summed E-state index contributed by atoms with van der Waals surface area (Å²) in [5, 5.41) is 9.25. The van der Waals surface area contributed by atoms with Gasteiger partial charge in [-0.15, -0.1) is 9.73 Å². The van der Waals surface area contributed by atoms with Crippen molar-refractivity contribution in [1.29, 1.82) is 0 Å². The molecule has 0 amide bonds. The van der Waals surface area contributed by atoms with E-state index < -0.39 is 10.0 Å². The first-order valence-electron chi connectivity index (χ1n) is 14.9. The van der Waals surface area contributed by atoms with E-state index in [2.05, 4.69) is 47.6 Å². The highest BCUT2D eigenvalue weighted by atomic mass is 35.5. The second kappa shape index (κ2) is 14.7. The van der Waals surface area contributed by atoms with E-state index in [-0.39, 0.29) is 22.8 Å². The summed E-state index contributed by atoms with van der Waals surface area (Å²) in [6.45, 7) is 13.1. The molecule has 1 unspecified atom stereocenters. The van der Waals surface area contributed by atoms with Crippen LogP contribution in [0.1, 0.15) is 122 Å². The molecule has 0 aliphatic rings. The van der Waals surface area contributed by atoms with Crippen molar-refractivity contribution in [2.24, 2.45) is 0 Å². The van der Waals surface area contributed by atoms with Gasteiger partial charge in [-0.25, -0.2) is 13.1 Å². The SMILES string of the molecule is CCCCCCCCOc1ccc(C(C)(C)CCCCC)cc1S(=O)(=O)NCC(C)c1nn2nc(C)c(Cl)c2[nH]1. The van der Waals surface area contributed by atoms with Gasteiger partial charge in [-0.1, -0.05) is 104 Å². The minimum absolute atomic E-state index is 0.148. The van der Waals surface area contributed by atoms with Crippen molar-refractivity contribution < 1.29 is 13.2 Å². The van der Waals surface area contributed by atoms with Crippen molar-refractivity contribution in [3.05, 3.63) is 40.3 Å². The topological polar surface area (TPSA) is 101 Å². The second-order valence-electron chi connectivity index (χ2n) is 11.6. The molecule has 2 N–H and O–H groups in total. The number of H-pyrrole nitrogens is 1. The fraction of sp³-hybridized carbons (Fsp3) is 0.667. The second-order valence-corrected chi connectivity index (χ2v) is 13.7. The molecule has 1 atom stereocenters. The van der Waals surface area contributed by atoms with Crippen LogP contribution < -0.4 is 9.46 Å². The number of aromatic amines is 1. The summed E-state index contributed by atoms with van der Waals surface area (Å²) in [6.07, 6.45) is 11.3. The van der Waals surface area contributed by atoms with Gasteiger partial charge in [-0.05, 0) is 42.9 Å². The summed E-state index contributed by atoms with van der Waals surface area (Å²) in [7, 11) is -3.85.